The van der Waals surface area contributed by atoms with Gasteiger partial charge in [0, 0.05) is 43.5 Å². The Morgan fingerprint density at radius 3 is 2.51 bits per heavy atom. The number of nitrogens with two attached hydrogens (primary N) is 1. The predicted octanol–water partition coefficient (Wildman–Crippen LogP) is 2.99. The first-order valence-corrected chi connectivity index (χ1v) is 14.1. The zero-order valence-electron chi connectivity index (χ0n) is 21.0. The van der Waals surface area contributed by atoms with Gasteiger partial charge in [-0.2, -0.15) is 0 Å². The average Bonchev–Trinajstić information content (AvgIpc) is 3.48. The van der Waals surface area contributed by atoms with E-state index in [0.29, 0.717) is 44.4 Å². The minimum absolute atomic E-state index is 0.0706. The number of nitrogens with zero attached hydrogens (tertiary/aromatic N) is 2. The molecule has 0 bridgehead atoms. The number of carbonyl (C=O) groups is 3. The molecule has 4 amide bonds. The summed E-state index contributed by atoms with van der Waals surface area (Å²) in [7, 11) is 0. The summed E-state index contributed by atoms with van der Waals surface area (Å²) in [5.74, 6) is -0.469. The summed E-state index contributed by atoms with van der Waals surface area (Å²) in [6.07, 6.45) is 8.52. The van der Waals surface area contributed by atoms with Crippen LogP contribution in [0.1, 0.15) is 68.2 Å². The van der Waals surface area contributed by atoms with Gasteiger partial charge in [0.2, 0.25) is 11.8 Å². The van der Waals surface area contributed by atoms with Gasteiger partial charge in [0.05, 0.1) is 12.5 Å². The van der Waals surface area contributed by atoms with E-state index in [-0.39, 0.29) is 23.9 Å². The minimum atomic E-state index is -0.457. The second kappa shape index (κ2) is 11.7. The molecule has 194 valence electrons. The zero-order chi connectivity index (χ0) is 24.8. The van der Waals surface area contributed by atoms with E-state index in [0.717, 1.165) is 50.1 Å². The molecule has 8 nitrogen and oxygen atoms in total. The third-order valence-corrected chi connectivity index (χ3v) is 9.05. The molecule has 2 aliphatic heterocycles. The van der Waals surface area contributed by atoms with Crippen molar-refractivity contribution in [3.63, 3.8) is 0 Å². The maximum Gasteiger partial charge on any atom is 0.317 e. The maximum absolute atomic E-state index is 13.3. The van der Waals surface area contributed by atoms with Crippen LogP contribution in [0, 0.1) is 18.3 Å². The van der Waals surface area contributed by atoms with Gasteiger partial charge in [-0.15, -0.1) is 11.3 Å². The monoisotopic (exact) mass is 503 g/mol. The van der Waals surface area contributed by atoms with E-state index in [1.165, 1.54) is 18.4 Å². The lowest BCUT2D eigenvalue weighted by Crippen LogP contribution is -2.59. The molecule has 1 spiro atoms. The second-order valence-electron chi connectivity index (χ2n) is 10.7. The SMILES string of the molecule is Cc1csc(CNC(=O)[C@H]2CN(C(=O)CCCCCN)CC[C@H]2NC(=O)N2CCC3(CC2)CC3)c1. The van der Waals surface area contributed by atoms with E-state index in [4.69, 9.17) is 5.73 Å². The molecule has 3 aliphatic rings. The number of urea groups is 1. The van der Waals surface area contributed by atoms with Crippen LogP contribution in [0.3, 0.4) is 0 Å². The molecular formula is C26H41N5O3S. The Bertz CT molecular complexity index is 889. The molecule has 0 unspecified atom stereocenters. The predicted molar refractivity (Wildman–Crippen MR) is 138 cm³/mol. The standard InChI is InChI=1S/C26H41N5O3S/c1-19-15-20(35-18-19)16-28-24(33)21-17-31(23(32)5-3-2-4-11-27)12-6-22(21)29-25(34)30-13-9-26(7-8-26)10-14-30/h15,18,21-22H,2-14,16-17,27H2,1H3,(H,28,33)(H,29,34)/t21-,22+/m0/s1. The molecule has 1 aromatic heterocycles. The number of hydrogen-bond donors (Lipinski definition) is 3. The molecule has 4 rings (SSSR count). The molecular weight excluding hydrogens is 462 g/mol. The molecule has 1 aliphatic carbocycles. The lowest BCUT2D eigenvalue weighted by molar-refractivity contribution is -0.136. The van der Waals surface area contributed by atoms with Crippen molar-refractivity contribution in [2.75, 3.05) is 32.7 Å². The van der Waals surface area contributed by atoms with Crippen molar-refractivity contribution >= 4 is 29.2 Å². The van der Waals surface area contributed by atoms with Crippen molar-refractivity contribution < 1.29 is 14.4 Å². The third kappa shape index (κ3) is 6.97. The van der Waals surface area contributed by atoms with Crippen molar-refractivity contribution in [2.24, 2.45) is 17.1 Å². The Balaban J connectivity index is 1.35. The van der Waals surface area contributed by atoms with Gasteiger partial charge in [-0.05, 0) is 80.8 Å². The summed E-state index contributed by atoms with van der Waals surface area (Å²) >= 11 is 1.63. The number of aryl methyl sites for hydroxylation is 1. The fraction of sp³-hybridized carbons (Fsp3) is 0.731. The van der Waals surface area contributed by atoms with Gasteiger partial charge >= 0.3 is 6.03 Å². The highest BCUT2D eigenvalue weighted by Crippen LogP contribution is 2.53. The normalized spacial score (nSPS) is 23.3. The summed E-state index contributed by atoms with van der Waals surface area (Å²) in [6, 6.07) is 1.73. The van der Waals surface area contributed by atoms with Crippen LogP contribution < -0.4 is 16.4 Å². The van der Waals surface area contributed by atoms with E-state index >= 15 is 0 Å². The van der Waals surface area contributed by atoms with Crippen molar-refractivity contribution in [1.82, 2.24) is 20.4 Å². The highest BCUT2D eigenvalue weighted by Gasteiger charge is 2.45. The molecule has 3 fully saturated rings. The lowest BCUT2D eigenvalue weighted by Gasteiger charge is -2.40. The summed E-state index contributed by atoms with van der Waals surface area (Å²) in [5.41, 5.74) is 7.25. The molecule has 2 atom stereocenters. The van der Waals surface area contributed by atoms with E-state index in [2.05, 4.69) is 22.1 Å². The summed E-state index contributed by atoms with van der Waals surface area (Å²) in [4.78, 5) is 44.0. The van der Waals surface area contributed by atoms with Gasteiger partial charge in [-0.25, -0.2) is 4.79 Å². The number of likely N-dealkylation sites (tertiary alicyclic amines) is 2. The van der Waals surface area contributed by atoms with Crippen molar-refractivity contribution in [3.8, 4) is 0 Å². The van der Waals surface area contributed by atoms with Crippen LogP contribution in [0.25, 0.3) is 0 Å². The Morgan fingerprint density at radius 1 is 1.09 bits per heavy atom. The summed E-state index contributed by atoms with van der Waals surface area (Å²) in [5, 5.41) is 8.29. The number of piperidine rings is 2. The molecule has 1 aromatic rings. The topological polar surface area (TPSA) is 108 Å². The van der Waals surface area contributed by atoms with Crippen LogP contribution in [0.5, 0.6) is 0 Å². The van der Waals surface area contributed by atoms with E-state index in [1.54, 1.807) is 11.3 Å². The second-order valence-corrected chi connectivity index (χ2v) is 11.7. The van der Waals surface area contributed by atoms with Crippen molar-refractivity contribution in [1.29, 1.82) is 0 Å². The van der Waals surface area contributed by atoms with Gasteiger partial charge in [0.25, 0.3) is 0 Å². The van der Waals surface area contributed by atoms with E-state index in [9.17, 15) is 14.4 Å². The highest BCUT2D eigenvalue weighted by molar-refractivity contribution is 7.10. The van der Waals surface area contributed by atoms with Gasteiger partial charge in [-0.3, -0.25) is 9.59 Å². The van der Waals surface area contributed by atoms with Crippen LogP contribution in [-0.2, 0) is 16.1 Å². The van der Waals surface area contributed by atoms with Crippen LogP contribution in [0.15, 0.2) is 11.4 Å². The van der Waals surface area contributed by atoms with Crippen LogP contribution >= 0.6 is 11.3 Å². The molecule has 3 heterocycles. The van der Waals surface area contributed by atoms with Crippen molar-refractivity contribution in [3.05, 3.63) is 21.9 Å². The van der Waals surface area contributed by atoms with Gasteiger partial charge in [0.15, 0.2) is 0 Å². The number of unbranched alkanes of at least 4 members (excludes halogenated alkanes) is 2. The van der Waals surface area contributed by atoms with Crippen molar-refractivity contribution in [2.45, 2.75) is 77.3 Å². The fourth-order valence-corrected chi connectivity index (χ4v) is 6.19. The molecule has 35 heavy (non-hydrogen) atoms. The first-order valence-electron chi connectivity index (χ1n) is 13.2. The number of amides is 4. The van der Waals surface area contributed by atoms with Gasteiger partial charge in [0.1, 0.15) is 0 Å². The fourth-order valence-electron chi connectivity index (χ4n) is 5.37. The molecule has 2 saturated heterocycles. The molecule has 1 saturated carbocycles. The third-order valence-electron chi connectivity index (χ3n) is 8.00. The molecule has 0 aromatic carbocycles. The number of hydrogen-bond acceptors (Lipinski definition) is 5. The van der Waals surface area contributed by atoms with Gasteiger partial charge < -0.3 is 26.2 Å². The van der Waals surface area contributed by atoms with Crippen LogP contribution in [0.2, 0.25) is 0 Å². The lowest BCUT2D eigenvalue weighted by atomic mass is 9.90. The van der Waals surface area contributed by atoms with Crippen LogP contribution in [-0.4, -0.2) is 66.4 Å². The zero-order valence-corrected chi connectivity index (χ0v) is 21.8. The van der Waals surface area contributed by atoms with E-state index < -0.39 is 5.92 Å². The highest BCUT2D eigenvalue weighted by atomic mass is 32.1. The smallest absolute Gasteiger partial charge is 0.317 e. The number of carbonyl (C=O) groups excluding carboxylic acids is 3. The number of nitrogens with one attached hydrogen (secondary N) is 2. The Kier molecular flexibility index (Phi) is 8.70. The Hall–Kier alpha value is -2.13. The average molecular weight is 504 g/mol. The molecule has 0 radical (unpaired) electrons. The maximum atomic E-state index is 13.3. The van der Waals surface area contributed by atoms with Gasteiger partial charge in [-0.1, -0.05) is 6.42 Å². The largest absolute Gasteiger partial charge is 0.351 e. The molecule has 9 heteroatoms. The number of thiophene rings is 1. The van der Waals surface area contributed by atoms with E-state index in [1.807, 2.05) is 16.7 Å². The summed E-state index contributed by atoms with van der Waals surface area (Å²) < 4.78 is 0. The Morgan fingerprint density at radius 2 is 1.86 bits per heavy atom. The Labute approximate surface area is 213 Å². The quantitative estimate of drug-likeness (QED) is 0.450. The van der Waals surface area contributed by atoms with Crippen LogP contribution in [0.4, 0.5) is 4.79 Å². The summed E-state index contributed by atoms with van der Waals surface area (Å²) in [6.45, 7) is 5.65. The number of rotatable bonds is 9. The minimum Gasteiger partial charge on any atom is -0.351 e. The molecule has 4 N–H and O–H groups in total. The first kappa shape index (κ1) is 25.9. The first-order chi connectivity index (χ1) is 16.9.